The van der Waals surface area contributed by atoms with Crippen LogP contribution in [0.25, 0.3) is 0 Å². The number of allylic oxidation sites excluding steroid dienone is 1. The van der Waals surface area contributed by atoms with Gasteiger partial charge in [0.1, 0.15) is 6.04 Å². The maximum atomic E-state index is 12.0. The van der Waals surface area contributed by atoms with Crippen LogP contribution >= 0.6 is 0 Å². The van der Waals surface area contributed by atoms with Gasteiger partial charge in [-0.2, -0.15) is 0 Å². The lowest BCUT2D eigenvalue weighted by Gasteiger charge is -2.26. The summed E-state index contributed by atoms with van der Waals surface area (Å²) in [5.41, 5.74) is 0. The van der Waals surface area contributed by atoms with Crippen LogP contribution in [0.1, 0.15) is 32.1 Å². The van der Waals surface area contributed by atoms with Crippen molar-refractivity contribution < 1.29 is 14.7 Å². The van der Waals surface area contributed by atoms with Gasteiger partial charge in [-0.25, -0.2) is 9.59 Å². The first-order valence-electron chi connectivity index (χ1n) is 6.13. The molecule has 2 amide bonds. The summed E-state index contributed by atoms with van der Waals surface area (Å²) in [7, 11) is 0. The van der Waals surface area contributed by atoms with Crippen LogP contribution in [-0.2, 0) is 4.79 Å². The average molecular weight is 238 g/mol. The molecule has 2 aliphatic rings. The van der Waals surface area contributed by atoms with E-state index in [1.807, 2.05) is 0 Å². The number of rotatable bonds is 2. The summed E-state index contributed by atoms with van der Waals surface area (Å²) in [6.07, 6.45) is 8.27. The lowest BCUT2D eigenvalue weighted by atomic mass is 10.0. The zero-order valence-electron chi connectivity index (χ0n) is 9.76. The molecule has 5 heteroatoms. The van der Waals surface area contributed by atoms with Crippen molar-refractivity contribution in [1.29, 1.82) is 0 Å². The van der Waals surface area contributed by atoms with E-state index >= 15 is 0 Å². The molecule has 0 radical (unpaired) electrons. The van der Waals surface area contributed by atoms with Crippen LogP contribution in [0, 0.1) is 0 Å². The quantitative estimate of drug-likeness (QED) is 0.713. The largest absolute Gasteiger partial charge is 0.480 e. The zero-order valence-corrected chi connectivity index (χ0v) is 9.76. The Kier molecular flexibility index (Phi) is 3.66. The van der Waals surface area contributed by atoms with E-state index in [1.165, 1.54) is 4.90 Å². The molecule has 1 unspecified atom stereocenters. The summed E-state index contributed by atoms with van der Waals surface area (Å²) in [6, 6.07) is -0.716. The van der Waals surface area contributed by atoms with Crippen molar-refractivity contribution in [2.24, 2.45) is 0 Å². The minimum absolute atomic E-state index is 0.155. The Morgan fingerprint density at radius 1 is 1.29 bits per heavy atom. The van der Waals surface area contributed by atoms with Gasteiger partial charge in [-0.1, -0.05) is 12.2 Å². The van der Waals surface area contributed by atoms with E-state index in [4.69, 9.17) is 5.11 Å². The van der Waals surface area contributed by atoms with E-state index in [0.29, 0.717) is 13.0 Å². The Hall–Kier alpha value is -1.52. The minimum Gasteiger partial charge on any atom is -0.480 e. The molecule has 0 saturated carbocycles. The third kappa shape index (κ3) is 2.78. The number of hydrogen-bond acceptors (Lipinski definition) is 2. The monoisotopic (exact) mass is 238 g/mol. The second-order valence-electron chi connectivity index (χ2n) is 4.62. The van der Waals surface area contributed by atoms with Crippen LogP contribution < -0.4 is 5.32 Å². The standard InChI is InChI=1S/C12H18N2O3/c15-11(16)10-7-4-8-14(10)12(17)13-9-5-2-1-3-6-9/h1-2,9-10H,3-8H2,(H,13,17)(H,15,16)/t9?,10-/m0/s1. The number of amides is 2. The number of aliphatic carboxylic acids is 1. The molecule has 2 atom stereocenters. The number of nitrogens with one attached hydrogen (secondary N) is 1. The molecule has 2 N–H and O–H groups in total. The van der Waals surface area contributed by atoms with E-state index in [2.05, 4.69) is 17.5 Å². The van der Waals surface area contributed by atoms with Gasteiger partial charge in [0, 0.05) is 12.6 Å². The Labute approximate surface area is 100 Å². The first-order chi connectivity index (χ1) is 8.18. The molecular formula is C12H18N2O3. The van der Waals surface area contributed by atoms with Crippen molar-refractivity contribution in [1.82, 2.24) is 10.2 Å². The van der Waals surface area contributed by atoms with Gasteiger partial charge in [0.2, 0.25) is 0 Å². The Morgan fingerprint density at radius 2 is 2.12 bits per heavy atom. The summed E-state index contributed by atoms with van der Waals surface area (Å²) < 4.78 is 0. The number of urea groups is 1. The van der Waals surface area contributed by atoms with Crippen molar-refractivity contribution >= 4 is 12.0 Å². The smallest absolute Gasteiger partial charge is 0.326 e. The second kappa shape index (κ2) is 5.21. The Balaban J connectivity index is 1.90. The SMILES string of the molecule is O=C(O)[C@@H]1CCCN1C(=O)NC1CC=CCC1. The molecular weight excluding hydrogens is 220 g/mol. The fraction of sp³-hybridized carbons (Fsp3) is 0.667. The number of carboxylic acid groups (broad SMARTS) is 1. The normalized spacial score (nSPS) is 28.1. The van der Waals surface area contributed by atoms with Crippen LogP contribution in [-0.4, -0.2) is 40.6 Å². The van der Waals surface area contributed by atoms with E-state index < -0.39 is 12.0 Å². The molecule has 0 bridgehead atoms. The van der Waals surface area contributed by atoms with E-state index in [1.54, 1.807) is 0 Å². The van der Waals surface area contributed by atoms with Gasteiger partial charge in [0.05, 0.1) is 0 Å². The van der Waals surface area contributed by atoms with Crippen molar-refractivity contribution in [2.75, 3.05) is 6.54 Å². The Morgan fingerprint density at radius 3 is 2.76 bits per heavy atom. The van der Waals surface area contributed by atoms with E-state index in [-0.39, 0.29) is 12.1 Å². The van der Waals surface area contributed by atoms with Crippen molar-refractivity contribution in [3.63, 3.8) is 0 Å². The van der Waals surface area contributed by atoms with Gasteiger partial charge in [0.25, 0.3) is 0 Å². The summed E-state index contributed by atoms with van der Waals surface area (Å²) >= 11 is 0. The highest BCUT2D eigenvalue weighted by atomic mass is 16.4. The highest BCUT2D eigenvalue weighted by Gasteiger charge is 2.34. The maximum Gasteiger partial charge on any atom is 0.326 e. The highest BCUT2D eigenvalue weighted by Crippen LogP contribution is 2.18. The van der Waals surface area contributed by atoms with Crippen LogP contribution in [0.15, 0.2) is 12.2 Å². The Bertz CT molecular complexity index is 341. The molecule has 2 rings (SSSR count). The van der Waals surface area contributed by atoms with Gasteiger partial charge in [-0.05, 0) is 32.1 Å². The molecule has 0 aromatic heterocycles. The first kappa shape index (κ1) is 12.0. The van der Waals surface area contributed by atoms with Crippen LogP contribution in [0.3, 0.4) is 0 Å². The fourth-order valence-corrected chi connectivity index (χ4v) is 2.45. The minimum atomic E-state index is -0.902. The van der Waals surface area contributed by atoms with Gasteiger partial charge < -0.3 is 15.3 Å². The lowest BCUT2D eigenvalue weighted by Crippen LogP contribution is -2.49. The zero-order chi connectivity index (χ0) is 12.3. The topological polar surface area (TPSA) is 69.6 Å². The average Bonchev–Trinajstić information content (AvgIpc) is 2.79. The number of nitrogens with zero attached hydrogens (tertiary/aromatic N) is 1. The summed E-state index contributed by atoms with van der Waals surface area (Å²) in [5, 5.41) is 11.9. The van der Waals surface area contributed by atoms with Gasteiger partial charge in [-0.3, -0.25) is 0 Å². The summed E-state index contributed by atoms with van der Waals surface area (Å²) in [4.78, 5) is 24.4. The summed E-state index contributed by atoms with van der Waals surface area (Å²) in [5.74, 6) is -0.902. The third-order valence-electron chi connectivity index (χ3n) is 3.40. The highest BCUT2D eigenvalue weighted by molar-refractivity contribution is 5.83. The molecule has 1 aliphatic heterocycles. The molecule has 0 aromatic carbocycles. The van der Waals surface area contributed by atoms with Gasteiger partial charge in [0.15, 0.2) is 0 Å². The number of likely N-dealkylation sites (tertiary alicyclic amines) is 1. The molecule has 1 fully saturated rings. The van der Waals surface area contributed by atoms with E-state index in [0.717, 1.165) is 25.7 Å². The maximum absolute atomic E-state index is 12.0. The molecule has 5 nitrogen and oxygen atoms in total. The molecule has 0 spiro atoms. The third-order valence-corrected chi connectivity index (χ3v) is 3.40. The first-order valence-corrected chi connectivity index (χ1v) is 6.13. The lowest BCUT2D eigenvalue weighted by molar-refractivity contribution is -0.141. The van der Waals surface area contributed by atoms with Crippen LogP contribution in [0.2, 0.25) is 0 Å². The number of carbonyl (C=O) groups is 2. The fourth-order valence-electron chi connectivity index (χ4n) is 2.45. The molecule has 1 saturated heterocycles. The predicted molar refractivity (Wildman–Crippen MR) is 62.7 cm³/mol. The summed E-state index contributed by atoms with van der Waals surface area (Å²) in [6.45, 7) is 0.547. The van der Waals surface area contributed by atoms with Crippen LogP contribution in [0.5, 0.6) is 0 Å². The molecule has 1 heterocycles. The molecule has 1 aliphatic carbocycles. The van der Waals surface area contributed by atoms with Crippen molar-refractivity contribution in [2.45, 2.75) is 44.2 Å². The van der Waals surface area contributed by atoms with Gasteiger partial charge in [-0.15, -0.1) is 0 Å². The van der Waals surface area contributed by atoms with Crippen molar-refractivity contribution in [3.8, 4) is 0 Å². The number of carboxylic acids is 1. The van der Waals surface area contributed by atoms with Gasteiger partial charge >= 0.3 is 12.0 Å². The number of carbonyl (C=O) groups excluding carboxylic acids is 1. The molecule has 94 valence electrons. The van der Waals surface area contributed by atoms with Crippen molar-refractivity contribution in [3.05, 3.63) is 12.2 Å². The molecule has 17 heavy (non-hydrogen) atoms. The number of hydrogen-bond donors (Lipinski definition) is 2. The molecule has 0 aromatic rings. The predicted octanol–water partition coefficient (Wildman–Crippen LogP) is 1.35. The van der Waals surface area contributed by atoms with E-state index in [9.17, 15) is 9.59 Å². The van der Waals surface area contributed by atoms with Crippen LogP contribution in [0.4, 0.5) is 4.79 Å². The second-order valence-corrected chi connectivity index (χ2v) is 4.62.